The van der Waals surface area contributed by atoms with E-state index in [-0.39, 0.29) is 11.5 Å². The van der Waals surface area contributed by atoms with Crippen LogP contribution in [0.4, 0.5) is 4.79 Å². The standard InChI is InChI=1S/C22H17IN2O5S/c1-13(21(27)29-2)25-20(26)19(31-22(25)28)10-14-7-8-18(17(23)9-14)30-12-16-6-4-3-5-15(16)11-24/h3-10,13H,12H2,1-2H3/b19-10+/t13-/m1/s1. The van der Waals surface area contributed by atoms with Crippen molar-refractivity contribution in [2.75, 3.05) is 7.11 Å². The van der Waals surface area contributed by atoms with Crippen LogP contribution in [0.3, 0.4) is 0 Å². The van der Waals surface area contributed by atoms with Crippen LogP contribution in [0, 0.1) is 14.9 Å². The summed E-state index contributed by atoms with van der Waals surface area (Å²) in [6, 6.07) is 13.7. The normalized spacial score (nSPS) is 15.7. The van der Waals surface area contributed by atoms with Gasteiger partial charge in [-0.2, -0.15) is 5.26 Å². The first kappa shape index (κ1) is 22.8. The molecule has 31 heavy (non-hydrogen) atoms. The van der Waals surface area contributed by atoms with Gasteiger partial charge in [0.1, 0.15) is 18.4 Å². The number of esters is 1. The molecule has 0 spiro atoms. The molecule has 2 amide bonds. The fourth-order valence-corrected chi connectivity index (χ4v) is 4.48. The summed E-state index contributed by atoms with van der Waals surface area (Å²) in [6.45, 7) is 1.70. The zero-order valence-corrected chi connectivity index (χ0v) is 19.6. The van der Waals surface area contributed by atoms with Crippen molar-refractivity contribution in [3.63, 3.8) is 0 Å². The number of ether oxygens (including phenoxy) is 2. The van der Waals surface area contributed by atoms with Crippen LogP contribution in [-0.2, 0) is 20.9 Å². The Labute approximate surface area is 197 Å². The van der Waals surface area contributed by atoms with Crippen molar-refractivity contribution in [3.8, 4) is 11.8 Å². The molecule has 0 bridgehead atoms. The molecule has 1 fully saturated rings. The zero-order valence-electron chi connectivity index (χ0n) is 16.6. The fraction of sp³-hybridized carbons (Fsp3) is 0.182. The number of benzene rings is 2. The lowest BCUT2D eigenvalue weighted by molar-refractivity contribution is -0.148. The number of methoxy groups -OCH3 is 1. The number of imide groups is 1. The monoisotopic (exact) mass is 548 g/mol. The third-order valence-corrected chi connectivity index (χ3v) is 6.25. The summed E-state index contributed by atoms with van der Waals surface area (Å²) < 4.78 is 11.3. The molecule has 1 aliphatic rings. The van der Waals surface area contributed by atoms with E-state index < -0.39 is 23.2 Å². The fourth-order valence-electron chi connectivity index (χ4n) is 2.88. The average molecular weight is 548 g/mol. The van der Waals surface area contributed by atoms with Gasteiger partial charge >= 0.3 is 5.97 Å². The molecule has 7 nitrogen and oxygen atoms in total. The molecular weight excluding hydrogens is 531 g/mol. The minimum atomic E-state index is -0.990. The third kappa shape index (κ3) is 5.08. The average Bonchev–Trinajstić information content (AvgIpc) is 3.04. The molecule has 3 rings (SSSR count). The van der Waals surface area contributed by atoms with E-state index in [0.29, 0.717) is 16.9 Å². The smallest absolute Gasteiger partial charge is 0.328 e. The molecule has 9 heteroatoms. The number of hydrogen-bond donors (Lipinski definition) is 0. The Balaban J connectivity index is 1.75. The predicted molar refractivity (Wildman–Crippen MR) is 124 cm³/mol. The Morgan fingerprint density at radius 3 is 2.71 bits per heavy atom. The third-order valence-electron chi connectivity index (χ3n) is 4.53. The number of amides is 2. The largest absolute Gasteiger partial charge is 0.488 e. The Morgan fingerprint density at radius 1 is 1.29 bits per heavy atom. The van der Waals surface area contributed by atoms with Crippen molar-refractivity contribution in [1.29, 1.82) is 5.26 Å². The first-order chi connectivity index (χ1) is 14.8. The lowest BCUT2D eigenvalue weighted by atomic mass is 10.1. The second-order valence-electron chi connectivity index (χ2n) is 6.50. The summed E-state index contributed by atoms with van der Waals surface area (Å²) in [5, 5.41) is 8.67. The first-order valence-corrected chi connectivity index (χ1v) is 11.0. The summed E-state index contributed by atoms with van der Waals surface area (Å²) in [4.78, 5) is 37.7. The maximum absolute atomic E-state index is 12.6. The second-order valence-corrected chi connectivity index (χ2v) is 8.65. The van der Waals surface area contributed by atoms with Crippen LogP contribution >= 0.6 is 34.4 Å². The Bertz CT molecular complexity index is 1130. The molecule has 0 radical (unpaired) electrons. The van der Waals surface area contributed by atoms with Gasteiger partial charge in [-0.3, -0.25) is 14.5 Å². The van der Waals surface area contributed by atoms with E-state index in [0.717, 1.165) is 25.8 Å². The van der Waals surface area contributed by atoms with E-state index in [1.807, 2.05) is 18.2 Å². The van der Waals surface area contributed by atoms with Crippen molar-refractivity contribution in [1.82, 2.24) is 4.90 Å². The van der Waals surface area contributed by atoms with Crippen LogP contribution in [0.2, 0.25) is 0 Å². The van der Waals surface area contributed by atoms with Crippen LogP contribution in [0.15, 0.2) is 47.4 Å². The highest BCUT2D eigenvalue weighted by atomic mass is 127. The lowest BCUT2D eigenvalue weighted by Gasteiger charge is -2.18. The quantitative estimate of drug-likeness (QED) is 0.301. The number of hydrogen-bond acceptors (Lipinski definition) is 7. The molecule has 1 aliphatic heterocycles. The maximum Gasteiger partial charge on any atom is 0.328 e. The molecule has 2 aromatic rings. The van der Waals surface area contributed by atoms with Gasteiger partial charge in [0.25, 0.3) is 11.1 Å². The molecule has 1 atom stereocenters. The van der Waals surface area contributed by atoms with Gasteiger partial charge < -0.3 is 9.47 Å². The van der Waals surface area contributed by atoms with E-state index in [1.54, 1.807) is 30.3 Å². The van der Waals surface area contributed by atoms with E-state index >= 15 is 0 Å². The summed E-state index contributed by atoms with van der Waals surface area (Å²) in [6.07, 6.45) is 1.60. The predicted octanol–water partition coefficient (Wildman–Crippen LogP) is 4.34. The zero-order chi connectivity index (χ0) is 22.5. The van der Waals surface area contributed by atoms with E-state index in [1.165, 1.54) is 14.0 Å². The van der Waals surface area contributed by atoms with E-state index in [9.17, 15) is 19.6 Å². The SMILES string of the molecule is COC(=O)[C@@H](C)N1C(=O)S/C(=C/c2ccc(OCc3ccccc3C#N)c(I)c2)C1=O. The topological polar surface area (TPSA) is 96.7 Å². The number of rotatable bonds is 6. The summed E-state index contributed by atoms with van der Waals surface area (Å²) in [5.41, 5.74) is 2.06. The number of thioether (sulfide) groups is 1. The number of carbonyl (C=O) groups is 3. The maximum atomic E-state index is 12.6. The van der Waals surface area contributed by atoms with E-state index in [4.69, 9.17) is 4.74 Å². The van der Waals surface area contributed by atoms with Gasteiger partial charge in [-0.1, -0.05) is 24.3 Å². The van der Waals surface area contributed by atoms with Gasteiger partial charge in [0, 0.05) is 5.56 Å². The molecule has 1 heterocycles. The van der Waals surface area contributed by atoms with Crippen molar-refractivity contribution < 1.29 is 23.9 Å². The van der Waals surface area contributed by atoms with Gasteiger partial charge in [0.2, 0.25) is 0 Å². The molecule has 1 saturated heterocycles. The number of halogens is 1. The Hall–Kier alpha value is -2.84. The van der Waals surface area contributed by atoms with Crippen molar-refractivity contribution >= 4 is 57.5 Å². The van der Waals surface area contributed by atoms with Crippen LogP contribution in [0.25, 0.3) is 6.08 Å². The minimum Gasteiger partial charge on any atom is -0.488 e. The van der Waals surface area contributed by atoms with Crippen molar-refractivity contribution in [2.24, 2.45) is 0 Å². The van der Waals surface area contributed by atoms with Crippen molar-refractivity contribution in [3.05, 3.63) is 67.6 Å². The van der Waals surface area contributed by atoms with Crippen LogP contribution in [-0.4, -0.2) is 35.2 Å². The van der Waals surface area contributed by atoms with Gasteiger partial charge in [0.15, 0.2) is 0 Å². The molecule has 158 valence electrons. The highest BCUT2D eigenvalue weighted by Gasteiger charge is 2.41. The lowest BCUT2D eigenvalue weighted by Crippen LogP contribution is -2.42. The van der Waals surface area contributed by atoms with Gasteiger partial charge in [-0.05, 0) is 71.1 Å². The molecule has 0 saturated carbocycles. The highest BCUT2D eigenvalue weighted by Crippen LogP contribution is 2.34. The molecule has 0 aromatic heterocycles. The second kappa shape index (κ2) is 9.98. The molecular formula is C22H17IN2O5S. The molecule has 0 aliphatic carbocycles. The Kier molecular flexibility index (Phi) is 7.35. The first-order valence-electron chi connectivity index (χ1n) is 9.11. The van der Waals surface area contributed by atoms with Crippen LogP contribution in [0.5, 0.6) is 5.75 Å². The van der Waals surface area contributed by atoms with Gasteiger partial charge in [0.05, 0.1) is 27.2 Å². The Morgan fingerprint density at radius 2 is 2.03 bits per heavy atom. The van der Waals surface area contributed by atoms with E-state index in [2.05, 4.69) is 33.4 Å². The highest BCUT2D eigenvalue weighted by molar-refractivity contribution is 14.1. The van der Waals surface area contributed by atoms with Crippen molar-refractivity contribution in [2.45, 2.75) is 19.6 Å². The number of nitriles is 1. The minimum absolute atomic E-state index is 0.230. The molecule has 0 unspecified atom stereocenters. The number of carbonyl (C=O) groups excluding carboxylic acids is 3. The number of nitrogens with zero attached hydrogens (tertiary/aromatic N) is 2. The summed E-state index contributed by atoms with van der Waals surface area (Å²) >= 11 is 2.90. The molecule has 0 N–H and O–H groups in total. The van der Waals surface area contributed by atoms with Gasteiger partial charge in [-0.15, -0.1) is 0 Å². The van der Waals surface area contributed by atoms with Crippen LogP contribution in [0.1, 0.15) is 23.6 Å². The van der Waals surface area contributed by atoms with Gasteiger partial charge in [-0.25, -0.2) is 4.79 Å². The molecule has 2 aromatic carbocycles. The summed E-state index contributed by atoms with van der Waals surface area (Å²) in [5.74, 6) is -0.549. The van der Waals surface area contributed by atoms with Crippen LogP contribution < -0.4 is 4.74 Å². The summed E-state index contributed by atoms with van der Waals surface area (Å²) in [7, 11) is 1.21.